The number of urea groups is 1. The van der Waals surface area contributed by atoms with Gasteiger partial charge >= 0.3 is 6.03 Å². The molecule has 1 saturated heterocycles. The van der Waals surface area contributed by atoms with Crippen LogP contribution in [0.1, 0.15) is 10.4 Å². The van der Waals surface area contributed by atoms with Crippen LogP contribution in [-0.4, -0.2) is 48.1 Å². The van der Waals surface area contributed by atoms with Gasteiger partial charge in [-0.3, -0.25) is 4.79 Å². The van der Waals surface area contributed by atoms with Gasteiger partial charge in [0.1, 0.15) is 5.75 Å². The van der Waals surface area contributed by atoms with Crippen LogP contribution in [-0.2, 0) is 0 Å². The van der Waals surface area contributed by atoms with Gasteiger partial charge in [-0.1, -0.05) is 24.3 Å². The Morgan fingerprint density at radius 2 is 1.96 bits per heavy atom. The molecule has 3 amide bonds. The van der Waals surface area contributed by atoms with Gasteiger partial charge in [-0.15, -0.1) is 0 Å². The number of phenols is 1. The summed E-state index contributed by atoms with van der Waals surface area (Å²) < 4.78 is 0. The van der Waals surface area contributed by atoms with E-state index in [0.29, 0.717) is 31.7 Å². The molecule has 3 N–H and O–H groups in total. The molecule has 0 unspecified atom stereocenters. The molecule has 0 radical (unpaired) electrons. The molecule has 1 aliphatic rings. The Kier molecular flexibility index (Phi) is 4.65. The molecule has 0 aliphatic carbocycles. The normalized spacial score (nSPS) is 13.7. The highest BCUT2D eigenvalue weighted by Crippen LogP contribution is 2.22. The Balaban J connectivity index is 1.61. The Bertz CT molecular complexity index is 743. The summed E-state index contributed by atoms with van der Waals surface area (Å²) in [7, 11) is 0. The number of aromatic hydroxyl groups is 1. The lowest BCUT2D eigenvalue weighted by atomic mass is 10.0. The predicted molar refractivity (Wildman–Crippen MR) is 90.8 cm³/mol. The molecular weight excluding hydrogens is 306 g/mol. The summed E-state index contributed by atoms with van der Waals surface area (Å²) in [6, 6.07) is 14.1. The van der Waals surface area contributed by atoms with Gasteiger partial charge in [0.2, 0.25) is 0 Å². The van der Waals surface area contributed by atoms with Crippen molar-refractivity contribution in [1.82, 2.24) is 15.5 Å². The van der Waals surface area contributed by atoms with Crippen LogP contribution in [0.4, 0.5) is 4.79 Å². The maximum absolute atomic E-state index is 12.3. The number of hydrogen-bond donors (Lipinski definition) is 3. The van der Waals surface area contributed by atoms with Crippen LogP contribution in [0.5, 0.6) is 5.75 Å². The van der Waals surface area contributed by atoms with Crippen LogP contribution < -0.4 is 10.6 Å². The van der Waals surface area contributed by atoms with Crippen LogP contribution in [0.2, 0.25) is 0 Å². The van der Waals surface area contributed by atoms with Crippen molar-refractivity contribution in [2.24, 2.45) is 0 Å². The lowest BCUT2D eigenvalue weighted by Crippen LogP contribution is -2.36. The number of phenolic OH excluding ortho intramolecular Hbond substituents is 1. The summed E-state index contributed by atoms with van der Waals surface area (Å²) in [4.78, 5) is 25.4. The second kappa shape index (κ2) is 7.04. The maximum Gasteiger partial charge on any atom is 0.317 e. The maximum atomic E-state index is 12.3. The molecule has 3 rings (SSSR count). The first kappa shape index (κ1) is 15.9. The van der Waals surface area contributed by atoms with Gasteiger partial charge in [0.05, 0.1) is 0 Å². The van der Waals surface area contributed by atoms with Crippen molar-refractivity contribution in [2.45, 2.75) is 0 Å². The molecule has 0 saturated carbocycles. The molecule has 6 nitrogen and oxygen atoms in total. The molecular formula is C18H19N3O3. The third kappa shape index (κ3) is 3.65. The molecule has 2 aromatic rings. The molecule has 24 heavy (non-hydrogen) atoms. The van der Waals surface area contributed by atoms with E-state index in [4.69, 9.17) is 0 Å². The molecule has 1 fully saturated rings. The smallest absolute Gasteiger partial charge is 0.317 e. The molecule has 0 bridgehead atoms. The van der Waals surface area contributed by atoms with E-state index in [1.807, 2.05) is 18.2 Å². The van der Waals surface area contributed by atoms with E-state index >= 15 is 0 Å². The number of nitrogens with zero attached hydrogens (tertiary/aromatic N) is 1. The van der Waals surface area contributed by atoms with Gasteiger partial charge in [-0.05, 0) is 35.4 Å². The molecule has 1 heterocycles. The molecule has 124 valence electrons. The topological polar surface area (TPSA) is 81.7 Å². The third-order valence-corrected chi connectivity index (χ3v) is 3.94. The summed E-state index contributed by atoms with van der Waals surface area (Å²) in [5.74, 6) is 0.0360. The summed E-state index contributed by atoms with van der Waals surface area (Å²) >= 11 is 0. The number of hydrogen-bond acceptors (Lipinski definition) is 3. The first-order valence-corrected chi connectivity index (χ1v) is 7.84. The Hall–Kier alpha value is -3.02. The van der Waals surface area contributed by atoms with Gasteiger partial charge in [0.25, 0.3) is 5.91 Å². The number of carbonyl (C=O) groups is 2. The van der Waals surface area contributed by atoms with Gasteiger partial charge in [-0.2, -0.15) is 0 Å². The fourth-order valence-corrected chi connectivity index (χ4v) is 2.62. The van der Waals surface area contributed by atoms with E-state index in [1.54, 1.807) is 35.2 Å². The van der Waals surface area contributed by atoms with Gasteiger partial charge < -0.3 is 20.6 Å². The summed E-state index contributed by atoms with van der Waals surface area (Å²) in [5.41, 5.74) is 2.39. The van der Waals surface area contributed by atoms with Crippen molar-refractivity contribution >= 4 is 11.9 Å². The van der Waals surface area contributed by atoms with Crippen LogP contribution in [0, 0.1) is 0 Å². The van der Waals surface area contributed by atoms with Crippen molar-refractivity contribution < 1.29 is 14.7 Å². The Labute approximate surface area is 140 Å². The number of rotatable bonds is 5. The molecule has 0 atom stereocenters. The van der Waals surface area contributed by atoms with Crippen molar-refractivity contribution in [3.05, 3.63) is 54.1 Å². The minimum absolute atomic E-state index is 0.0847. The highest BCUT2D eigenvalue weighted by atomic mass is 16.3. The van der Waals surface area contributed by atoms with E-state index in [-0.39, 0.29) is 17.7 Å². The lowest BCUT2D eigenvalue weighted by molar-refractivity contribution is 0.0950. The fraction of sp³-hybridized carbons (Fsp3) is 0.222. The first-order chi connectivity index (χ1) is 11.6. The van der Waals surface area contributed by atoms with Crippen molar-refractivity contribution in [1.29, 1.82) is 0 Å². The molecule has 6 heteroatoms. The largest absolute Gasteiger partial charge is 0.508 e. The third-order valence-electron chi connectivity index (χ3n) is 3.94. The highest BCUT2D eigenvalue weighted by molar-refractivity contribution is 5.95. The van der Waals surface area contributed by atoms with Crippen LogP contribution in [0.3, 0.4) is 0 Å². The summed E-state index contributed by atoms with van der Waals surface area (Å²) in [6.45, 7) is 2.23. The minimum atomic E-state index is -0.171. The highest BCUT2D eigenvalue weighted by Gasteiger charge is 2.18. The molecule has 0 aromatic heterocycles. The summed E-state index contributed by atoms with van der Waals surface area (Å²) in [5, 5.41) is 14.9. The average molecular weight is 325 g/mol. The first-order valence-electron chi connectivity index (χ1n) is 7.84. The van der Waals surface area contributed by atoms with Crippen LogP contribution in [0.15, 0.2) is 48.5 Å². The summed E-state index contributed by atoms with van der Waals surface area (Å²) in [6.07, 6.45) is 0. The number of benzene rings is 2. The number of carbonyl (C=O) groups excluding carboxylic acids is 2. The molecule has 0 spiro atoms. The van der Waals surface area contributed by atoms with Crippen molar-refractivity contribution in [3.63, 3.8) is 0 Å². The second-order valence-electron chi connectivity index (χ2n) is 5.60. The zero-order chi connectivity index (χ0) is 16.9. The zero-order valence-electron chi connectivity index (χ0n) is 13.2. The Morgan fingerprint density at radius 3 is 2.67 bits per heavy atom. The van der Waals surface area contributed by atoms with E-state index in [0.717, 1.165) is 11.1 Å². The predicted octanol–water partition coefficient (Wildman–Crippen LogP) is 1.81. The van der Waals surface area contributed by atoms with E-state index in [9.17, 15) is 14.7 Å². The number of nitrogens with one attached hydrogen (secondary N) is 2. The SMILES string of the molecule is O=C(NCCN1CCNC1=O)c1cccc(-c2ccc(O)cc2)c1. The second-order valence-corrected chi connectivity index (χ2v) is 5.60. The lowest BCUT2D eigenvalue weighted by Gasteiger charge is -2.14. The van der Waals surface area contributed by atoms with Gasteiger partial charge in [-0.25, -0.2) is 4.79 Å². The van der Waals surface area contributed by atoms with Gasteiger partial charge in [0, 0.05) is 31.7 Å². The van der Waals surface area contributed by atoms with E-state index in [2.05, 4.69) is 10.6 Å². The van der Waals surface area contributed by atoms with Crippen LogP contribution >= 0.6 is 0 Å². The molecule has 1 aliphatic heterocycles. The standard InChI is InChI=1S/C18H19N3O3/c22-16-6-4-13(5-7-16)14-2-1-3-15(12-14)17(23)19-8-10-21-11-9-20-18(21)24/h1-7,12,22H,8-11H2,(H,19,23)(H,20,24). The van der Waals surface area contributed by atoms with E-state index < -0.39 is 0 Å². The zero-order valence-corrected chi connectivity index (χ0v) is 13.2. The van der Waals surface area contributed by atoms with Crippen molar-refractivity contribution in [2.75, 3.05) is 26.2 Å². The molecule has 2 aromatic carbocycles. The van der Waals surface area contributed by atoms with E-state index in [1.165, 1.54) is 0 Å². The Morgan fingerprint density at radius 1 is 1.17 bits per heavy atom. The monoisotopic (exact) mass is 325 g/mol. The number of amides is 3. The van der Waals surface area contributed by atoms with Gasteiger partial charge in [0.15, 0.2) is 0 Å². The fourth-order valence-electron chi connectivity index (χ4n) is 2.62. The van der Waals surface area contributed by atoms with Crippen molar-refractivity contribution in [3.8, 4) is 16.9 Å². The average Bonchev–Trinajstić information content (AvgIpc) is 3.01. The quantitative estimate of drug-likeness (QED) is 0.784. The minimum Gasteiger partial charge on any atom is -0.508 e. The van der Waals surface area contributed by atoms with Crippen LogP contribution in [0.25, 0.3) is 11.1 Å².